The standard InChI is InChI=1S/C25H22F3N7O3/c26-25(27,28)21-14-18(20-6-3-11-38-20)30-22-16(15-29-35(21)22)23(36)32-24-31-17-4-1-2-5-19(17)34(24)8-7-33-9-12-37-13-10-33/h1-6,11,14-15H,7-10,12-13H2,(H,31,32,36). The molecule has 4 aromatic heterocycles. The molecule has 1 fully saturated rings. The van der Waals surface area contributed by atoms with Crippen molar-refractivity contribution < 1.29 is 27.1 Å². The number of anilines is 1. The number of alkyl halides is 3. The lowest BCUT2D eigenvalue weighted by Crippen LogP contribution is -2.38. The van der Waals surface area contributed by atoms with Gasteiger partial charge in [-0.25, -0.2) is 14.5 Å². The molecule has 6 rings (SSSR count). The molecule has 1 aromatic carbocycles. The number of carbonyl (C=O) groups excluding carboxylic acids is 1. The van der Waals surface area contributed by atoms with Crippen LogP contribution in [0.15, 0.2) is 59.3 Å². The number of morpholine rings is 1. The number of nitrogens with one attached hydrogen (secondary N) is 1. The Balaban J connectivity index is 1.36. The number of aromatic nitrogens is 5. The summed E-state index contributed by atoms with van der Waals surface area (Å²) in [5.74, 6) is -0.266. The van der Waals surface area contributed by atoms with Crippen molar-refractivity contribution in [3.8, 4) is 11.5 Å². The van der Waals surface area contributed by atoms with Crippen LogP contribution in [0.2, 0.25) is 0 Å². The Labute approximate surface area is 213 Å². The molecule has 0 aliphatic carbocycles. The van der Waals surface area contributed by atoms with E-state index in [2.05, 4.69) is 25.3 Å². The lowest BCUT2D eigenvalue weighted by atomic mass is 10.2. The topological polar surface area (TPSA) is 103 Å². The van der Waals surface area contributed by atoms with Gasteiger partial charge in [0.05, 0.1) is 36.7 Å². The van der Waals surface area contributed by atoms with Crippen LogP contribution in [0.3, 0.4) is 0 Å². The molecule has 1 amide bonds. The summed E-state index contributed by atoms with van der Waals surface area (Å²) < 4.78 is 54.7. The monoisotopic (exact) mass is 525 g/mol. The number of amides is 1. The van der Waals surface area contributed by atoms with Crippen LogP contribution < -0.4 is 5.32 Å². The Kier molecular flexibility index (Phi) is 6.08. The number of nitrogens with zero attached hydrogens (tertiary/aromatic N) is 6. The van der Waals surface area contributed by atoms with E-state index in [0.29, 0.717) is 36.3 Å². The van der Waals surface area contributed by atoms with E-state index in [-0.39, 0.29) is 28.6 Å². The largest absolute Gasteiger partial charge is 0.463 e. The average Bonchev–Trinajstić information content (AvgIpc) is 3.65. The smallest absolute Gasteiger partial charge is 0.433 e. The van der Waals surface area contributed by atoms with E-state index in [1.165, 1.54) is 12.3 Å². The molecule has 1 saturated heterocycles. The predicted molar refractivity (Wildman–Crippen MR) is 131 cm³/mol. The normalized spacial score (nSPS) is 14.9. The molecule has 10 nitrogen and oxygen atoms in total. The minimum atomic E-state index is -4.74. The first-order valence-electron chi connectivity index (χ1n) is 11.9. The SMILES string of the molecule is O=C(Nc1nc2ccccc2n1CCN1CCOCC1)c1cnn2c(C(F)(F)F)cc(-c3ccco3)nc12. The van der Waals surface area contributed by atoms with E-state index >= 15 is 0 Å². The fourth-order valence-electron chi connectivity index (χ4n) is 4.51. The number of halogens is 3. The molecule has 0 spiro atoms. The Hall–Kier alpha value is -4.23. The van der Waals surface area contributed by atoms with E-state index < -0.39 is 17.8 Å². The van der Waals surface area contributed by atoms with Gasteiger partial charge in [0.1, 0.15) is 11.3 Å². The maximum Gasteiger partial charge on any atom is 0.433 e. The van der Waals surface area contributed by atoms with E-state index in [1.807, 2.05) is 28.8 Å². The van der Waals surface area contributed by atoms with Gasteiger partial charge in [-0.15, -0.1) is 0 Å². The molecule has 1 aliphatic heterocycles. The first kappa shape index (κ1) is 24.1. The molecule has 196 valence electrons. The third-order valence-corrected chi connectivity index (χ3v) is 6.40. The van der Waals surface area contributed by atoms with Crippen molar-refractivity contribution in [2.75, 3.05) is 38.2 Å². The van der Waals surface area contributed by atoms with Gasteiger partial charge < -0.3 is 13.7 Å². The fraction of sp³-hybridized carbons (Fsp3) is 0.280. The zero-order valence-corrected chi connectivity index (χ0v) is 20.0. The second-order valence-electron chi connectivity index (χ2n) is 8.78. The van der Waals surface area contributed by atoms with Gasteiger partial charge >= 0.3 is 6.18 Å². The molecular weight excluding hydrogens is 503 g/mol. The number of imidazole rings is 1. The molecule has 38 heavy (non-hydrogen) atoms. The number of hydrogen-bond acceptors (Lipinski definition) is 7. The van der Waals surface area contributed by atoms with E-state index in [0.717, 1.165) is 30.9 Å². The summed E-state index contributed by atoms with van der Waals surface area (Å²) in [5.41, 5.74) is -0.0149. The summed E-state index contributed by atoms with van der Waals surface area (Å²) in [5, 5.41) is 6.60. The van der Waals surface area contributed by atoms with Gasteiger partial charge in [-0.2, -0.15) is 18.3 Å². The number of furan rings is 1. The molecule has 0 saturated carbocycles. The summed E-state index contributed by atoms with van der Waals surface area (Å²) in [7, 11) is 0. The maximum atomic E-state index is 13.9. The van der Waals surface area contributed by atoms with E-state index in [9.17, 15) is 18.0 Å². The Morgan fingerprint density at radius 3 is 2.63 bits per heavy atom. The van der Waals surface area contributed by atoms with Crippen LogP contribution in [-0.2, 0) is 17.5 Å². The molecule has 1 N–H and O–H groups in total. The number of para-hydroxylation sites is 2. The van der Waals surface area contributed by atoms with Crippen molar-refractivity contribution >= 4 is 28.5 Å². The molecular formula is C25H22F3N7O3. The second-order valence-corrected chi connectivity index (χ2v) is 8.78. The van der Waals surface area contributed by atoms with Crippen molar-refractivity contribution in [2.45, 2.75) is 12.7 Å². The second kappa shape index (κ2) is 9.58. The molecule has 5 aromatic rings. The Bertz CT molecular complexity index is 1600. The summed E-state index contributed by atoms with van der Waals surface area (Å²) in [6, 6.07) is 11.3. The highest BCUT2D eigenvalue weighted by Crippen LogP contribution is 2.33. The average molecular weight is 525 g/mol. The molecule has 5 heterocycles. The van der Waals surface area contributed by atoms with Gasteiger partial charge in [0, 0.05) is 26.2 Å². The summed E-state index contributed by atoms with van der Waals surface area (Å²) in [6.07, 6.45) is -2.34. The molecule has 0 radical (unpaired) electrons. The first-order chi connectivity index (χ1) is 18.4. The van der Waals surface area contributed by atoms with Crippen LogP contribution in [0, 0.1) is 0 Å². The summed E-state index contributed by atoms with van der Waals surface area (Å²) >= 11 is 0. The third-order valence-electron chi connectivity index (χ3n) is 6.40. The zero-order valence-electron chi connectivity index (χ0n) is 20.0. The van der Waals surface area contributed by atoms with Crippen molar-refractivity contribution in [3.05, 3.63) is 66.2 Å². The summed E-state index contributed by atoms with van der Waals surface area (Å²) in [6.45, 7) is 4.20. The van der Waals surface area contributed by atoms with Crippen LogP contribution in [0.4, 0.5) is 19.1 Å². The number of ether oxygens (including phenoxy) is 1. The van der Waals surface area contributed by atoms with Crippen LogP contribution in [0.1, 0.15) is 16.1 Å². The maximum absolute atomic E-state index is 13.9. The molecule has 1 aliphatic rings. The quantitative estimate of drug-likeness (QED) is 0.358. The van der Waals surface area contributed by atoms with Gasteiger partial charge in [-0.05, 0) is 30.3 Å². The van der Waals surface area contributed by atoms with Crippen LogP contribution in [0.25, 0.3) is 28.1 Å². The minimum absolute atomic E-state index is 0.0675. The first-order valence-corrected chi connectivity index (χ1v) is 11.9. The molecule has 0 unspecified atom stereocenters. The number of rotatable bonds is 6. The molecule has 0 atom stereocenters. The van der Waals surface area contributed by atoms with Gasteiger partial charge in [0.25, 0.3) is 5.91 Å². The van der Waals surface area contributed by atoms with Gasteiger partial charge in [-0.1, -0.05) is 12.1 Å². The lowest BCUT2D eigenvalue weighted by molar-refractivity contribution is -0.142. The Morgan fingerprint density at radius 1 is 1.05 bits per heavy atom. The van der Waals surface area contributed by atoms with Crippen LogP contribution in [-0.4, -0.2) is 67.8 Å². The lowest BCUT2D eigenvalue weighted by Gasteiger charge is -2.26. The highest BCUT2D eigenvalue weighted by atomic mass is 19.4. The Morgan fingerprint density at radius 2 is 1.87 bits per heavy atom. The highest BCUT2D eigenvalue weighted by molar-refractivity contribution is 6.08. The zero-order chi connectivity index (χ0) is 26.3. The van der Waals surface area contributed by atoms with Crippen LogP contribution >= 0.6 is 0 Å². The van der Waals surface area contributed by atoms with Crippen molar-refractivity contribution in [1.82, 2.24) is 29.0 Å². The summed E-state index contributed by atoms with van der Waals surface area (Å²) in [4.78, 5) is 24.5. The van der Waals surface area contributed by atoms with Crippen LogP contribution in [0.5, 0.6) is 0 Å². The van der Waals surface area contributed by atoms with Crippen molar-refractivity contribution in [2.24, 2.45) is 0 Å². The van der Waals surface area contributed by atoms with Crippen molar-refractivity contribution in [1.29, 1.82) is 0 Å². The number of carbonyl (C=O) groups is 1. The highest BCUT2D eigenvalue weighted by Gasteiger charge is 2.36. The number of fused-ring (bicyclic) bond motifs is 2. The van der Waals surface area contributed by atoms with Gasteiger partial charge in [0.2, 0.25) is 5.95 Å². The van der Waals surface area contributed by atoms with Gasteiger partial charge in [-0.3, -0.25) is 15.0 Å². The van der Waals surface area contributed by atoms with E-state index in [1.54, 1.807) is 6.07 Å². The molecule has 0 bridgehead atoms. The third kappa shape index (κ3) is 4.50. The molecule has 13 heteroatoms. The number of hydrogen-bond donors (Lipinski definition) is 1. The van der Waals surface area contributed by atoms with Gasteiger partial charge in [0.15, 0.2) is 17.1 Å². The number of benzene rings is 1. The predicted octanol–water partition coefficient (Wildman–Crippen LogP) is 3.94. The fourth-order valence-corrected chi connectivity index (χ4v) is 4.51. The van der Waals surface area contributed by atoms with E-state index in [4.69, 9.17) is 9.15 Å². The van der Waals surface area contributed by atoms with Crippen molar-refractivity contribution in [3.63, 3.8) is 0 Å². The minimum Gasteiger partial charge on any atom is -0.463 e.